The van der Waals surface area contributed by atoms with E-state index in [9.17, 15) is 4.39 Å². The fraction of sp³-hybridized carbons (Fsp3) is 0.364. The van der Waals surface area contributed by atoms with Gasteiger partial charge in [-0.1, -0.05) is 23.2 Å². The summed E-state index contributed by atoms with van der Waals surface area (Å²) in [5.74, 6) is -1.45. The van der Waals surface area contributed by atoms with Gasteiger partial charge in [0.1, 0.15) is 11.9 Å². The van der Waals surface area contributed by atoms with E-state index in [1.54, 1.807) is 36.3 Å². The van der Waals surface area contributed by atoms with Crippen LogP contribution in [0.15, 0.2) is 36.8 Å². The van der Waals surface area contributed by atoms with Crippen LogP contribution >= 0.6 is 23.2 Å². The fourth-order valence-corrected chi connectivity index (χ4v) is 4.58. The molecule has 4 atom stereocenters. The van der Waals surface area contributed by atoms with Gasteiger partial charge < -0.3 is 19.9 Å². The van der Waals surface area contributed by atoms with Crippen molar-refractivity contribution in [1.82, 2.24) is 14.8 Å². The van der Waals surface area contributed by atoms with Gasteiger partial charge in [-0.3, -0.25) is 4.68 Å². The molecule has 0 bridgehead atoms. The third kappa shape index (κ3) is 3.81. The molecule has 1 aromatic carbocycles. The predicted molar refractivity (Wildman–Crippen MR) is 118 cm³/mol. The maximum absolute atomic E-state index is 14.0. The topological polar surface area (TPSA) is 84.4 Å². The molecule has 2 N–H and O–H groups in total. The number of nitrogens with two attached hydrogens (primary N) is 1. The zero-order valence-corrected chi connectivity index (χ0v) is 18.5. The van der Waals surface area contributed by atoms with Crippen molar-refractivity contribution >= 4 is 29.0 Å². The summed E-state index contributed by atoms with van der Waals surface area (Å²) < 4.78 is 49.5. The number of benzene rings is 1. The van der Waals surface area contributed by atoms with E-state index in [1.807, 2.05) is 0 Å². The summed E-state index contributed by atoms with van der Waals surface area (Å²) in [6, 6.07) is 3.82. The maximum Gasteiger partial charge on any atom is 0.166 e. The van der Waals surface area contributed by atoms with Crippen LogP contribution in [0.4, 0.5) is 10.2 Å². The van der Waals surface area contributed by atoms with Crippen molar-refractivity contribution < 1.29 is 21.3 Å². The molecule has 2 fully saturated rings. The lowest BCUT2D eigenvalue weighted by Gasteiger charge is -2.19. The normalized spacial score (nSPS) is 28.8. The monoisotopic (exact) mass is 480 g/mol. The Bertz CT molecular complexity index is 1260. The highest BCUT2D eigenvalue weighted by atomic mass is 35.5. The van der Waals surface area contributed by atoms with Crippen molar-refractivity contribution in [3.63, 3.8) is 0 Å². The summed E-state index contributed by atoms with van der Waals surface area (Å²) in [7, 11) is 0. The Balaban J connectivity index is 1.41. The van der Waals surface area contributed by atoms with Gasteiger partial charge in [0.25, 0.3) is 0 Å². The number of aromatic nitrogens is 3. The van der Waals surface area contributed by atoms with E-state index >= 15 is 0 Å². The molecule has 168 valence electrons. The Morgan fingerprint density at radius 1 is 1.31 bits per heavy atom. The Kier molecular flexibility index (Phi) is 5.09. The van der Waals surface area contributed by atoms with Gasteiger partial charge in [0.05, 0.1) is 31.8 Å². The highest BCUT2D eigenvalue weighted by Crippen LogP contribution is 2.40. The molecule has 0 spiro atoms. The molecule has 2 aliphatic rings. The van der Waals surface area contributed by atoms with Crippen molar-refractivity contribution in [2.75, 3.05) is 18.9 Å². The molecule has 0 radical (unpaired) electrons. The maximum atomic E-state index is 14.0. The number of ether oxygens (including phenoxy) is 3. The molecule has 10 heteroatoms. The number of pyridine rings is 1. The van der Waals surface area contributed by atoms with Crippen LogP contribution in [0.3, 0.4) is 0 Å². The van der Waals surface area contributed by atoms with E-state index < -0.39 is 30.1 Å². The number of nitrogens with zero attached hydrogens (tertiary/aromatic N) is 3. The van der Waals surface area contributed by atoms with Crippen LogP contribution < -0.4 is 10.5 Å². The number of hydrogen-bond acceptors (Lipinski definition) is 6. The third-order valence-corrected chi connectivity index (χ3v) is 6.28. The smallest absolute Gasteiger partial charge is 0.166 e. The molecular formula is C22H21Cl2FN4O3. The lowest BCUT2D eigenvalue weighted by molar-refractivity contribution is -0.0905. The summed E-state index contributed by atoms with van der Waals surface area (Å²) in [6.07, 6.45) is 2.94. The van der Waals surface area contributed by atoms with Crippen LogP contribution in [0.2, 0.25) is 10.0 Å². The molecule has 0 aliphatic carbocycles. The van der Waals surface area contributed by atoms with Crippen LogP contribution in [-0.4, -0.2) is 34.2 Å². The molecule has 4 heterocycles. The second-order valence-electron chi connectivity index (χ2n) is 7.57. The van der Waals surface area contributed by atoms with Crippen molar-refractivity contribution in [2.45, 2.75) is 31.8 Å². The average molecular weight is 481 g/mol. The van der Waals surface area contributed by atoms with Crippen LogP contribution in [0.5, 0.6) is 5.75 Å². The number of rotatable bonds is 5. The van der Waals surface area contributed by atoms with E-state index in [2.05, 4.69) is 10.1 Å². The summed E-state index contributed by atoms with van der Waals surface area (Å²) >= 11 is 12.3. The zero-order chi connectivity index (χ0) is 24.3. The SMILES string of the molecule is [2H][C@]12OCC[C@@]1([2H])C(n1cc(-c3cnc(N)c(O[C@H](C)c4c(Cl)ccc(F)c4Cl)c3)cn1)CO2. The first-order valence-corrected chi connectivity index (χ1v) is 10.8. The van der Waals surface area contributed by atoms with Crippen molar-refractivity contribution in [3.05, 3.63) is 58.2 Å². The van der Waals surface area contributed by atoms with E-state index in [-0.39, 0.29) is 34.8 Å². The molecule has 0 saturated carbocycles. The van der Waals surface area contributed by atoms with E-state index in [4.69, 9.17) is 45.9 Å². The second kappa shape index (κ2) is 8.51. The lowest BCUT2D eigenvalue weighted by Crippen LogP contribution is -2.19. The number of hydrogen-bond donors (Lipinski definition) is 1. The van der Waals surface area contributed by atoms with Gasteiger partial charge in [-0.05, 0) is 31.5 Å². The van der Waals surface area contributed by atoms with Crippen molar-refractivity contribution in [2.24, 2.45) is 5.89 Å². The van der Waals surface area contributed by atoms with Gasteiger partial charge in [0, 0.05) is 41.4 Å². The van der Waals surface area contributed by atoms with E-state index in [0.29, 0.717) is 23.1 Å². The average Bonchev–Trinajstić information content (AvgIpc) is 3.44. The van der Waals surface area contributed by atoms with E-state index in [1.165, 1.54) is 12.1 Å². The molecule has 3 aromatic rings. The number of nitrogen functional groups attached to an aromatic ring is 1. The lowest BCUT2D eigenvalue weighted by atomic mass is 10.0. The highest BCUT2D eigenvalue weighted by Gasteiger charge is 2.43. The van der Waals surface area contributed by atoms with Gasteiger partial charge in [0.2, 0.25) is 0 Å². The number of fused-ring (bicyclic) bond motifs is 1. The van der Waals surface area contributed by atoms with E-state index in [0.717, 1.165) is 0 Å². The Morgan fingerprint density at radius 2 is 2.16 bits per heavy atom. The van der Waals surface area contributed by atoms with Gasteiger partial charge in [-0.2, -0.15) is 5.10 Å². The molecular weight excluding hydrogens is 458 g/mol. The zero-order valence-electron chi connectivity index (χ0n) is 19.0. The molecule has 2 saturated heterocycles. The molecule has 0 amide bonds. The van der Waals surface area contributed by atoms with Crippen LogP contribution in [0, 0.1) is 11.7 Å². The minimum atomic E-state index is -1.69. The van der Waals surface area contributed by atoms with Crippen molar-refractivity contribution in [3.8, 4) is 16.9 Å². The first-order valence-electron chi connectivity index (χ1n) is 11.0. The van der Waals surface area contributed by atoms with Gasteiger partial charge in [-0.15, -0.1) is 0 Å². The minimum absolute atomic E-state index is 0.117. The summed E-state index contributed by atoms with van der Waals surface area (Å²) in [6.45, 7) is 2.12. The Hall–Kier alpha value is -2.39. The standard InChI is InChI=1S/C22H21Cl2FN4O3/c1-11(19-15(23)2-3-16(25)20(19)24)32-18-6-12(7-27-21(18)26)13-8-28-29(9-13)17-10-31-22-14(17)4-5-30-22/h2-3,6-9,11,14,17,22H,4-5,10H2,1H3,(H2,26,27)/t11-,14+,17?,22-/m1/s1/i14D,22D. The van der Waals surface area contributed by atoms with Gasteiger partial charge >= 0.3 is 0 Å². The first kappa shape index (κ1) is 19.1. The molecule has 7 nitrogen and oxygen atoms in total. The second-order valence-corrected chi connectivity index (χ2v) is 8.36. The van der Waals surface area contributed by atoms with Crippen LogP contribution in [0.25, 0.3) is 11.1 Å². The highest BCUT2D eigenvalue weighted by molar-refractivity contribution is 6.36. The molecule has 32 heavy (non-hydrogen) atoms. The molecule has 2 aromatic heterocycles. The number of anilines is 1. The van der Waals surface area contributed by atoms with Gasteiger partial charge in [0.15, 0.2) is 17.8 Å². The summed E-state index contributed by atoms with van der Waals surface area (Å²) in [5.41, 5.74) is 7.70. The predicted octanol–water partition coefficient (Wildman–Crippen LogP) is 5.05. The van der Waals surface area contributed by atoms with Crippen molar-refractivity contribution in [1.29, 1.82) is 0 Å². The number of halogens is 3. The third-order valence-electron chi connectivity index (χ3n) is 5.57. The molecule has 1 unspecified atom stereocenters. The first-order chi connectivity index (χ1) is 16.1. The largest absolute Gasteiger partial charge is 0.482 e. The van der Waals surface area contributed by atoms with Gasteiger partial charge in [-0.25, -0.2) is 9.37 Å². The Labute approximate surface area is 197 Å². The summed E-state index contributed by atoms with van der Waals surface area (Å²) in [5, 5.41) is 4.56. The van der Waals surface area contributed by atoms with Crippen LogP contribution in [0.1, 0.15) is 33.8 Å². The molecule has 5 rings (SSSR count). The minimum Gasteiger partial charge on any atom is -0.482 e. The van der Waals surface area contributed by atoms with Crippen LogP contribution in [-0.2, 0) is 9.47 Å². The fourth-order valence-electron chi connectivity index (χ4n) is 3.91. The Morgan fingerprint density at radius 3 is 3.00 bits per heavy atom. The summed E-state index contributed by atoms with van der Waals surface area (Å²) in [4.78, 5) is 4.21. The molecule has 2 aliphatic heterocycles. The quantitative estimate of drug-likeness (QED) is 0.514.